The Labute approximate surface area is 123 Å². The minimum absolute atomic E-state index is 0.141. The molecule has 0 radical (unpaired) electrons. The Balaban J connectivity index is 2.06. The predicted octanol–water partition coefficient (Wildman–Crippen LogP) is 3.21. The first-order chi connectivity index (χ1) is 9.85. The van der Waals surface area contributed by atoms with Gasteiger partial charge in [-0.15, -0.1) is 0 Å². The summed E-state index contributed by atoms with van der Waals surface area (Å²) in [7, 11) is 0. The van der Waals surface area contributed by atoms with Gasteiger partial charge in [-0.05, 0) is 36.8 Å². The molecule has 0 saturated carbocycles. The molecular formula is C16H18N2O3. The van der Waals surface area contributed by atoms with Crippen LogP contribution >= 0.6 is 0 Å². The monoisotopic (exact) mass is 286 g/mol. The number of carbonyl (C=O) groups is 2. The summed E-state index contributed by atoms with van der Waals surface area (Å²) in [5.74, 6) is -0.953. The number of carboxylic acid groups (broad SMARTS) is 1. The summed E-state index contributed by atoms with van der Waals surface area (Å²) < 4.78 is 0. The molecule has 0 fully saturated rings. The highest BCUT2D eigenvalue weighted by Crippen LogP contribution is 2.19. The molecular weight excluding hydrogens is 268 g/mol. The van der Waals surface area contributed by atoms with E-state index in [4.69, 9.17) is 5.11 Å². The smallest absolute Gasteiger partial charge is 0.319 e. The van der Waals surface area contributed by atoms with Crippen molar-refractivity contribution in [3.63, 3.8) is 0 Å². The fourth-order valence-electron chi connectivity index (χ4n) is 2.16. The van der Waals surface area contributed by atoms with Crippen LogP contribution in [0.1, 0.15) is 20.3 Å². The molecule has 2 aromatic carbocycles. The molecule has 5 nitrogen and oxygen atoms in total. The number of urea groups is 1. The minimum atomic E-state index is -0.953. The minimum Gasteiger partial charge on any atom is -0.481 e. The standard InChI is InChI=1S/C16H18N2O3/c1-16(2,10-14(19)20)18-15(21)17-13-8-7-11-5-3-4-6-12(11)9-13/h3-9H,10H2,1-2H3,(H,19,20)(H2,17,18,21). The van der Waals surface area contributed by atoms with E-state index in [-0.39, 0.29) is 6.42 Å². The van der Waals surface area contributed by atoms with Gasteiger partial charge in [-0.1, -0.05) is 30.3 Å². The van der Waals surface area contributed by atoms with Gasteiger partial charge in [-0.2, -0.15) is 0 Å². The van der Waals surface area contributed by atoms with E-state index in [1.807, 2.05) is 42.5 Å². The molecule has 0 saturated heterocycles. The van der Waals surface area contributed by atoms with Crippen LogP contribution in [0.3, 0.4) is 0 Å². The molecule has 2 rings (SSSR count). The molecule has 2 aromatic rings. The summed E-state index contributed by atoms with van der Waals surface area (Å²) in [5.41, 5.74) is -0.149. The normalized spacial score (nSPS) is 11.1. The Hall–Kier alpha value is -2.56. The van der Waals surface area contributed by atoms with Gasteiger partial charge in [0.15, 0.2) is 0 Å². The van der Waals surface area contributed by atoms with Gasteiger partial charge in [0.05, 0.1) is 6.42 Å². The van der Waals surface area contributed by atoms with Gasteiger partial charge < -0.3 is 15.7 Å². The quantitative estimate of drug-likeness (QED) is 0.807. The second-order valence-electron chi connectivity index (χ2n) is 5.60. The van der Waals surface area contributed by atoms with Crippen molar-refractivity contribution in [1.29, 1.82) is 0 Å². The molecule has 0 aliphatic carbocycles. The van der Waals surface area contributed by atoms with Gasteiger partial charge in [0, 0.05) is 11.2 Å². The highest BCUT2D eigenvalue weighted by atomic mass is 16.4. The van der Waals surface area contributed by atoms with Gasteiger partial charge in [0.1, 0.15) is 0 Å². The van der Waals surface area contributed by atoms with Gasteiger partial charge in [0.25, 0.3) is 0 Å². The molecule has 0 spiro atoms. The number of benzene rings is 2. The second kappa shape index (κ2) is 5.83. The number of anilines is 1. The highest BCUT2D eigenvalue weighted by Gasteiger charge is 2.23. The third-order valence-corrected chi connectivity index (χ3v) is 3.05. The Morgan fingerprint density at radius 3 is 2.43 bits per heavy atom. The van der Waals surface area contributed by atoms with Crippen molar-refractivity contribution in [2.75, 3.05) is 5.32 Å². The number of carboxylic acids is 1. The van der Waals surface area contributed by atoms with Crippen molar-refractivity contribution < 1.29 is 14.7 Å². The molecule has 21 heavy (non-hydrogen) atoms. The van der Waals surface area contributed by atoms with E-state index >= 15 is 0 Å². The molecule has 0 aliphatic heterocycles. The van der Waals surface area contributed by atoms with E-state index < -0.39 is 17.5 Å². The third kappa shape index (κ3) is 4.21. The molecule has 0 heterocycles. The van der Waals surface area contributed by atoms with E-state index in [1.54, 1.807) is 13.8 Å². The zero-order valence-corrected chi connectivity index (χ0v) is 12.0. The topological polar surface area (TPSA) is 78.4 Å². The summed E-state index contributed by atoms with van der Waals surface area (Å²) >= 11 is 0. The lowest BCUT2D eigenvalue weighted by Crippen LogP contribution is -2.46. The number of amides is 2. The lowest BCUT2D eigenvalue weighted by Gasteiger charge is -2.24. The highest BCUT2D eigenvalue weighted by molar-refractivity contribution is 5.94. The zero-order chi connectivity index (χ0) is 15.5. The van der Waals surface area contributed by atoms with Gasteiger partial charge >= 0.3 is 12.0 Å². The number of rotatable bonds is 4. The summed E-state index contributed by atoms with van der Waals surface area (Å²) in [4.78, 5) is 22.7. The SMILES string of the molecule is CC(C)(CC(=O)O)NC(=O)Nc1ccc2ccccc2c1. The number of carbonyl (C=O) groups excluding carboxylic acids is 1. The molecule has 0 aliphatic rings. The molecule has 2 amide bonds. The lowest BCUT2D eigenvalue weighted by molar-refractivity contribution is -0.138. The van der Waals surface area contributed by atoms with Crippen molar-refractivity contribution in [2.24, 2.45) is 0 Å². The van der Waals surface area contributed by atoms with Crippen LogP contribution in [0.4, 0.5) is 10.5 Å². The third-order valence-electron chi connectivity index (χ3n) is 3.05. The molecule has 0 unspecified atom stereocenters. The average Bonchev–Trinajstić information content (AvgIpc) is 2.36. The second-order valence-corrected chi connectivity index (χ2v) is 5.60. The number of hydrogen-bond donors (Lipinski definition) is 3. The zero-order valence-electron chi connectivity index (χ0n) is 12.0. The summed E-state index contributed by atoms with van der Waals surface area (Å²) in [6, 6.07) is 13.0. The Morgan fingerprint density at radius 1 is 1.10 bits per heavy atom. The van der Waals surface area contributed by atoms with Crippen LogP contribution in [0.2, 0.25) is 0 Å². The molecule has 3 N–H and O–H groups in total. The largest absolute Gasteiger partial charge is 0.481 e. The number of nitrogens with one attached hydrogen (secondary N) is 2. The van der Waals surface area contributed by atoms with E-state index in [2.05, 4.69) is 10.6 Å². The fourth-order valence-corrected chi connectivity index (χ4v) is 2.16. The molecule has 110 valence electrons. The van der Waals surface area contributed by atoms with Crippen molar-refractivity contribution in [2.45, 2.75) is 25.8 Å². The molecule has 0 atom stereocenters. The number of fused-ring (bicyclic) bond motifs is 1. The first-order valence-corrected chi connectivity index (χ1v) is 6.65. The first-order valence-electron chi connectivity index (χ1n) is 6.65. The Morgan fingerprint density at radius 2 is 1.76 bits per heavy atom. The van der Waals surface area contributed by atoms with Crippen molar-refractivity contribution in [3.05, 3.63) is 42.5 Å². The number of aliphatic carboxylic acids is 1. The summed E-state index contributed by atoms with van der Waals surface area (Å²) in [6.45, 7) is 3.34. The van der Waals surface area contributed by atoms with E-state index in [0.717, 1.165) is 10.8 Å². The van der Waals surface area contributed by atoms with Crippen LogP contribution in [-0.4, -0.2) is 22.6 Å². The van der Waals surface area contributed by atoms with Crippen LogP contribution in [-0.2, 0) is 4.79 Å². The van der Waals surface area contributed by atoms with Crippen LogP contribution in [0, 0.1) is 0 Å². The van der Waals surface area contributed by atoms with Crippen molar-refractivity contribution in [1.82, 2.24) is 5.32 Å². The Bertz CT molecular complexity index is 680. The maximum Gasteiger partial charge on any atom is 0.319 e. The first kappa shape index (κ1) is 14.8. The molecule has 0 bridgehead atoms. The summed E-state index contributed by atoms with van der Waals surface area (Å²) in [5, 5.41) is 16.3. The maximum absolute atomic E-state index is 11.9. The van der Waals surface area contributed by atoms with Crippen molar-refractivity contribution in [3.8, 4) is 0 Å². The van der Waals surface area contributed by atoms with E-state index in [1.165, 1.54) is 0 Å². The molecule has 5 heteroatoms. The molecule has 0 aromatic heterocycles. The fraction of sp³-hybridized carbons (Fsp3) is 0.250. The van der Waals surface area contributed by atoms with E-state index in [0.29, 0.717) is 5.69 Å². The van der Waals surface area contributed by atoms with Gasteiger partial charge in [-0.25, -0.2) is 4.79 Å². The van der Waals surface area contributed by atoms with Crippen LogP contribution in [0.15, 0.2) is 42.5 Å². The summed E-state index contributed by atoms with van der Waals surface area (Å²) in [6.07, 6.45) is -0.141. The predicted molar refractivity (Wildman–Crippen MR) is 82.4 cm³/mol. The van der Waals surface area contributed by atoms with E-state index in [9.17, 15) is 9.59 Å². The van der Waals surface area contributed by atoms with Crippen LogP contribution in [0.25, 0.3) is 10.8 Å². The van der Waals surface area contributed by atoms with Crippen molar-refractivity contribution >= 4 is 28.5 Å². The average molecular weight is 286 g/mol. The van der Waals surface area contributed by atoms with Crippen LogP contribution in [0.5, 0.6) is 0 Å². The van der Waals surface area contributed by atoms with Crippen LogP contribution < -0.4 is 10.6 Å². The van der Waals surface area contributed by atoms with Gasteiger partial charge in [0.2, 0.25) is 0 Å². The lowest BCUT2D eigenvalue weighted by atomic mass is 10.0. The van der Waals surface area contributed by atoms with Gasteiger partial charge in [-0.3, -0.25) is 4.79 Å². The number of hydrogen-bond acceptors (Lipinski definition) is 2. The Kier molecular flexibility index (Phi) is 4.12. The maximum atomic E-state index is 11.9.